The predicted octanol–water partition coefficient (Wildman–Crippen LogP) is 0.446. The summed E-state index contributed by atoms with van der Waals surface area (Å²) in [7, 11) is 0. The number of hydrogen-bond acceptors (Lipinski definition) is 5. The van der Waals surface area contributed by atoms with E-state index >= 15 is 0 Å². The van der Waals surface area contributed by atoms with E-state index in [0.717, 1.165) is 36.4 Å². The molecule has 0 unspecified atom stereocenters. The minimum atomic E-state index is -1.19. The van der Waals surface area contributed by atoms with Crippen LogP contribution in [0.25, 0.3) is 0 Å². The quantitative estimate of drug-likeness (QED) is 0.415. The molecule has 1 saturated heterocycles. The van der Waals surface area contributed by atoms with Gasteiger partial charge in [0.05, 0.1) is 6.54 Å². The monoisotopic (exact) mass is 291 g/mol. The first kappa shape index (κ1) is 15.0. The minimum Gasteiger partial charge on any atom is -0.475 e. The van der Waals surface area contributed by atoms with Crippen molar-refractivity contribution in [1.29, 1.82) is 0 Å². The number of anilines is 2. The highest BCUT2D eigenvalue weighted by atomic mass is 16.4. The second-order valence-corrected chi connectivity index (χ2v) is 5.13. The Morgan fingerprint density at radius 1 is 1.29 bits per heavy atom. The number of aryl methyl sites for hydroxylation is 1. The van der Waals surface area contributed by atoms with Gasteiger partial charge in [-0.05, 0) is 37.1 Å². The first-order chi connectivity index (χ1) is 9.97. The van der Waals surface area contributed by atoms with Gasteiger partial charge in [-0.15, -0.1) is 0 Å². The van der Waals surface area contributed by atoms with Gasteiger partial charge in [0.2, 0.25) is 5.84 Å². The summed E-state index contributed by atoms with van der Waals surface area (Å²) in [5.74, 6) is -1.56. The van der Waals surface area contributed by atoms with E-state index < -0.39 is 5.97 Å². The average molecular weight is 291 g/mol. The number of nitrogen functional groups attached to an aromatic ring is 1. The zero-order chi connectivity index (χ0) is 15.4. The molecule has 0 radical (unpaired) electrons. The van der Waals surface area contributed by atoms with Gasteiger partial charge in [0.15, 0.2) is 0 Å². The van der Waals surface area contributed by atoms with E-state index in [1.165, 1.54) is 0 Å². The van der Waals surface area contributed by atoms with Crippen molar-refractivity contribution in [3.05, 3.63) is 23.8 Å². The van der Waals surface area contributed by atoms with Gasteiger partial charge < -0.3 is 21.5 Å². The summed E-state index contributed by atoms with van der Waals surface area (Å²) in [6, 6.07) is 5.99. The molecular weight excluding hydrogens is 270 g/mol. The van der Waals surface area contributed by atoms with Gasteiger partial charge in [0.25, 0.3) is 0 Å². The number of hydrazone groups is 1. The lowest BCUT2D eigenvalue weighted by atomic mass is 10.1. The number of hydrogen-bond donors (Lipinski definition) is 3. The third-order valence-electron chi connectivity index (χ3n) is 3.56. The molecule has 1 aromatic carbocycles. The minimum absolute atomic E-state index is 0.369. The van der Waals surface area contributed by atoms with Crippen LogP contribution >= 0.6 is 0 Å². The lowest BCUT2D eigenvalue weighted by Crippen LogP contribution is -2.32. The van der Waals surface area contributed by atoms with E-state index in [-0.39, 0.29) is 5.84 Å². The van der Waals surface area contributed by atoms with Gasteiger partial charge in [0, 0.05) is 31.0 Å². The number of carboxylic acid groups (broad SMARTS) is 1. The number of amidine groups is 1. The van der Waals surface area contributed by atoms with Crippen LogP contribution < -0.4 is 16.4 Å². The highest BCUT2D eigenvalue weighted by Crippen LogP contribution is 2.21. The zero-order valence-corrected chi connectivity index (χ0v) is 12.1. The highest BCUT2D eigenvalue weighted by Gasteiger charge is 2.16. The van der Waals surface area contributed by atoms with E-state index in [4.69, 9.17) is 16.6 Å². The van der Waals surface area contributed by atoms with Crippen molar-refractivity contribution < 1.29 is 9.90 Å². The van der Waals surface area contributed by atoms with E-state index in [0.29, 0.717) is 13.1 Å². The van der Waals surface area contributed by atoms with E-state index in [2.05, 4.69) is 16.1 Å². The average Bonchev–Trinajstić information content (AvgIpc) is 2.67. The van der Waals surface area contributed by atoms with Crippen LogP contribution in [0.4, 0.5) is 11.4 Å². The van der Waals surface area contributed by atoms with Crippen molar-refractivity contribution in [2.24, 2.45) is 10.8 Å². The number of aliphatic carboxylic acids is 1. The Hall–Kier alpha value is -2.44. The van der Waals surface area contributed by atoms with Crippen molar-refractivity contribution in [2.45, 2.75) is 13.3 Å². The fraction of sp³-hybridized carbons (Fsp3) is 0.429. The predicted molar refractivity (Wildman–Crippen MR) is 83.3 cm³/mol. The lowest BCUT2D eigenvalue weighted by molar-refractivity contribution is -0.129. The Kier molecular flexibility index (Phi) is 4.52. The molecular formula is C14H21N5O2. The molecule has 1 fully saturated rings. The largest absolute Gasteiger partial charge is 0.475 e. The van der Waals surface area contributed by atoms with E-state index in [1.807, 2.05) is 19.1 Å². The molecule has 2 rings (SSSR count). The molecule has 1 aromatic rings. The van der Waals surface area contributed by atoms with E-state index in [1.54, 1.807) is 5.01 Å². The second-order valence-electron chi connectivity index (χ2n) is 5.13. The van der Waals surface area contributed by atoms with Crippen LogP contribution in [0.1, 0.15) is 12.0 Å². The summed E-state index contributed by atoms with van der Waals surface area (Å²) < 4.78 is 0. The standard InChI is InChI=1S/C14H21N5O2/c1-10-9-11(3-4-12(10)15)18-5-2-6-19(8-7-18)17-13(16)14(20)21/h3-4,9H,2,5-8,15H2,1H3,(H2,16,17)(H,20,21). The summed E-state index contributed by atoms with van der Waals surface area (Å²) in [6.45, 7) is 4.97. The molecule has 0 atom stereocenters. The maximum atomic E-state index is 10.7. The molecule has 1 aliphatic rings. The molecule has 0 amide bonds. The lowest BCUT2D eigenvalue weighted by Gasteiger charge is -2.23. The third-order valence-corrected chi connectivity index (χ3v) is 3.56. The first-order valence-corrected chi connectivity index (χ1v) is 6.91. The van der Waals surface area contributed by atoms with Gasteiger partial charge in [0.1, 0.15) is 0 Å². The maximum Gasteiger partial charge on any atom is 0.373 e. The first-order valence-electron chi connectivity index (χ1n) is 6.91. The molecule has 1 heterocycles. The number of benzene rings is 1. The van der Waals surface area contributed by atoms with Crippen LogP contribution in [-0.2, 0) is 4.79 Å². The third kappa shape index (κ3) is 3.77. The van der Waals surface area contributed by atoms with Gasteiger partial charge in [-0.3, -0.25) is 5.01 Å². The van der Waals surface area contributed by atoms with Crippen LogP contribution in [0.5, 0.6) is 0 Å². The summed E-state index contributed by atoms with van der Waals surface area (Å²) in [4.78, 5) is 13.0. The van der Waals surface area contributed by atoms with Crippen molar-refractivity contribution in [1.82, 2.24) is 5.01 Å². The van der Waals surface area contributed by atoms with Crippen molar-refractivity contribution in [3.63, 3.8) is 0 Å². The van der Waals surface area contributed by atoms with Crippen LogP contribution in [-0.4, -0.2) is 48.1 Å². The molecule has 0 bridgehead atoms. The number of nitrogens with two attached hydrogens (primary N) is 2. The van der Waals surface area contributed by atoms with Crippen LogP contribution in [0, 0.1) is 6.92 Å². The van der Waals surface area contributed by atoms with Crippen molar-refractivity contribution in [3.8, 4) is 0 Å². The number of carbonyl (C=O) groups is 1. The molecule has 7 nitrogen and oxygen atoms in total. The number of rotatable bonds is 2. The number of carboxylic acids is 1. The molecule has 0 aromatic heterocycles. The summed E-state index contributed by atoms with van der Waals surface area (Å²) in [5, 5.41) is 14.4. The summed E-state index contributed by atoms with van der Waals surface area (Å²) >= 11 is 0. The molecule has 0 spiro atoms. The van der Waals surface area contributed by atoms with E-state index in [9.17, 15) is 4.79 Å². The molecule has 5 N–H and O–H groups in total. The fourth-order valence-electron chi connectivity index (χ4n) is 2.31. The van der Waals surface area contributed by atoms with Crippen molar-refractivity contribution >= 4 is 23.2 Å². The molecule has 21 heavy (non-hydrogen) atoms. The summed E-state index contributed by atoms with van der Waals surface area (Å²) in [6.07, 6.45) is 0.889. The number of nitrogens with zero attached hydrogens (tertiary/aromatic N) is 3. The normalized spacial score (nSPS) is 16.7. The van der Waals surface area contributed by atoms with Gasteiger partial charge in [-0.2, -0.15) is 5.10 Å². The molecule has 7 heteroatoms. The maximum absolute atomic E-state index is 10.7. The van der Waals surface area contributed by atoms with Gasteiger partial charge in [-0.1, -0.05) is 0 Å². The SMILES string of the molecule is Cc1cc(N2CCCN(/N=C(\N)C(=O)O)CC2)ccc1N. The Balaban J connectivity index is 2.05. The van der Waals surface area contributed by atoms with Gasteiger partial charge in [-0.25, -0.2) is 4.79 Å². The molecule has 1 aliphatic heterocycles. The Morgan fingerprint density at radius 2 is 2.05 bits per heavy atom. The Morgan fingerprint density at radius 3 is 2.71 bits per heavy atom. The molecule has 0 aliphatic carbocycles. The van der Waals surface area contributed by atoms with Crippen LogP contribution in [0.2, 0.25) is 0 Å². The molecule has 114 valence electrons. The second kappa shape index (κ2) is 6.34. The van der Waals surface area contributed by atoms with Crippen LogP contribution in [0.15, 0.2) is 23.3 Å². The molecule has 0 saturated carbocycles. The Bertz CT molecular complexity index is 558. The topological polar surface area (TPSA) is 108 Å². The summed E-state index contributed by atoms with van der Waals surface area (Å²) in [5.41, 5.74) is 14.2. The smallest absolute Gasteiger partial charge is 0.373 e. The van der Waals surface area contributed by atoms with Gasteiger partial charge >= 0.3 is 5.97 Å². The fourth-order valence-corrected chi connectivity index (χ4v) is 2.31. The highest BCUT2D eigenvalue weighted by molar-refractivity contribution is 6.33. The zero-order valence-electron chi connectivity index (χ0n) is 12.1. The van der Waals surface area contributed by atoms with Crippen molar-refractivity contribution in [2.75, 3.05) is 36.8 Å². The van der Waals surface area contributed by atoms with Crippen LogP contribution in [0.3, 0.4) is 0 Å². The Labute approximate surface area is 123 Å².